The second kappa shape index (κ2) is 6.38. The number of carbonyl (C=O) groups excluding carboxylic acids is 1. The lowest BCUT2D eigenvalue weighted by Gasteiger charge is -2.31. The third kappa shape index (κ3) is 4.03. The van der Waals surface area contributed by atoms with E-state index in [1.54, 1.807) is 11.8 Å². The molecule has 0 radical (unpaired) electrons. The van der Waals surface area contributed by atoms with E-state index in [0.717, 1.165) is 24.6 Å². The van der Waals surface area contributed by atoms with Gasteiger partial charge < -0.3 is 10.6 Å². The van der Waals surface area contributed by atoms with Crippen molar-refractivity contribution in [2.24, 2.45) is 11.7 Å². The van der Waals surface area contributed by atoms with E-state index in [4.69, 9.17) is 5.73 Å². The van der Waals surface area contributed by atoms with E-state index in [2.05, 4.69) is 0 Å². The molecule has 0 heterocycles. The van der Waals surface area contributed by atoms with Gasteiger partial charge in [-0.05, 0) is 37.2 Å². The number of thioether (sulfide) groups is 1. The van der Waals surface area contributed by atoms with E-state index >= 15 is 0 Å². The molecule has 1 saturated carbocycles. The molecule has 0 aliphatic heterocycles. The topological polar surface area (TPSA) is 46.3 Å². The van der Waals surface area contributed by atoms with Crippen LogP contribution in [0.4, 0.5) is 0 Å². The smallest absolute Gasteiger partial charge is 0.239 e. The number of hydrogen-bond acceptors (Lipinski definition) is 3. The monoisotopic (exact) mass is 230 g/mol. The van der Waals surface area contributed by atoms with Crippen LogP contribution >= 0.6 is 11.8 Å². The highest BCUT2D eigenvalue weighted by Gasteiger charge is 2.23. The maximum atomic E-state index is 11.8. The molecule has 0 aromatic heterocycles. The zero-order chi connectivity index (χ0) is 11.3. The Morgan fingerprint density at radius 1 is 1.60 bits per heavy atom. The van der Waals surface area contributed by atoms with Crippen molar-refractivity contribution in [3.05, 3.63) is 0 Å². The summed E-state index contributed by atoms with van der Waals surface area (Å²) in [6, 6.07) is -0.303. The van der Waals surface area contributed by atoms with Crippen LogP contribution in [-0.4, -0.2) is 42.4 Å². The Bertz CT molecular complexity index is 207. The third-order valence-corrected chi connectivity index (χ3v) is 3.73. The SMILES string of the molecule is CSCC[C@H](N)C(=O)N(C)CC1CCC1. The number of nitrogens with zero attached hydrogens (tertiary/aromatic N) is 1. The first-order chi connectivity index (χ1) is 7.15. The minimum absolute atomic E-state index is 0.107. The van der Waals surface area contributed by atoms with Gasteiger partial charge in [-0.1, -0.05) is 6.42 Å². The zero-order valence-corrected chi connectivity index (χ0v) is 10.6. The van der Waals surface area contributed by atoms with Gasteiger partial charge in [0.15, 0.2) is 0 Å². The van der Waals surface area contributed by atoms with E-state index in [9.17, 15) is 4.79 Å². The Kier molecular flexibility index (Phi) is 5.47. The molecular formula is C11H22N2OS. The van der Waals surface area contributed by atoms with Crippen molar-refractivity contribution < 1.29 is 4.79 Å². The van der Waals surface area contributed by atoms with Gasteiger partial charge >= 0.3 is 0 Å². The lowest BCUT2D eigenvalue weighted by Crippen LogP contribution is -2.44. The Balaban J connectivity index is 2.23. The maximum Gasteiger partial charge on any atom is 0.239 e. The van der Waals surface area contributed by atoms with Crippen LogP contribution in [-0.2, 0) is 4.79 Å². The van der Waals surface area contributed by atoms with Crippen LogP contribution in [0.2, 0.25) is 0 Å². The van der Waals surface area contributed by atoms with E-state index in [1.807, 2.05) is 18.2 Å². The van der Waals surface area contributed by atoms with Crippen molar-refractivity contribution in [1.29, 1.82) is 0 Å². The highest BCUT2D eigenvalue weighted by molar-refractivity contribution is 7.98. The van der Waals surface area contributed by atoms with Crippen molar-refractivity contribution >= 4 is 17.7 Å². The fourth-order valence-corrected chi connectivity index (χ4v) is 2.29. The average Bonchev–Trinajstić information content (AvgIpc) is 2.18. The van der Waals surface area contributed by atoms with Crippen LogP contribution in [0.5, 0.6) is 0 Å². The first kappa shape index (κ1) is 12.8. The summed E-state index contributed by atoms with van der Waals surface area (Å²) in [4.78, 5) is 13.6. The summed E-state index contributed by atoms with van der Waals surface area (Å²) < 4.78 is 0. The van der Waals surface area contributed by atoms with Crippen molar-refractivity contribution in [2.75, 3.05) is 25.6 Å². The highest BCUT2D eigenvalue weighted by Crippen LogP contribution is 2.26. The molecule has 1 atom stereocenters. The molecular weight excluding hydrogens is 208 g/mol. The van der Waals surface area contributed by atoms with Crippen molar-refractivity contribution in [2.45, 2.75) is 31.7 Å². The summed E-state index contributed by atoms with van der Waals surface area (Å²) in [5.74, 6) is 1.80. The second-order valence-corrected chi connectivity index (χ2v) is 5.39. The van der Waals surface area contributed by atoms with Crippen molar-refractivity contribution in [1.82, 2.24) is 4.90 Å². The summed E-state index contributed by atoms with van der Waals surface area (Å²) in [6.07, 6.45) is 6.70. The molecule has 1 rings (SSSR count). The largest absolute Gasteiger partial charge is 0.344 e. The molecule has 1 fully saturated rings. The van der Waals surface area contributed by atoms with Gasteiger partial charge in [0.05, 0.1) is 6.04 Å². The fourth-order valence-electron chi connectivity index (χ4n) is 1.80. The van der Waals surface area contributed by atoms with Gasteiger partial charge in [0, 0.05) is 13.6 Å². The molecule has 1 aliphatic carbocycles. The lowest BCUT2D eigenvalue weighted by molar-refractivity contribution is -0.132. The molecule has 0 spiro atoms. The molecule has 0 aromatic carbocycles. The maximum absolute atomic E-state index is 11.8. The molecule has 0 bridgehead atoms. The zero-order valence-electron chi connectivity index (χ0n) is 9.74. The van der Waals surface area contributed by atoms with Gasteiger partial charge in [-0.3, -0.25) is 4.79 Å². The fraction of sp³-hybridized carbons (Fsp3) is 0.909. The highest BCUT2D eigenvalue weighted by atomic mass is 32.2. The van der Waals surface area contributed by atoms with Gasteiger partial charge in [-0.2, -0.15) is 11.8 Å². The average molecular weight is 230 g/mol. The van der Waals surface area contributed by atoms with Crippen LogP contribution in [0.15, 0.2) is 0 Å². The predicted molar refractivity (Wildman–Crippen MR) is 66.0 cm³/mol. The molecule has 3 nitrogen and oxygen atoms in total. The van der Waals surface area contributed by atoms with Crippen LogP contribution < -0.4 is 5.73 Å². The van der Waals surface area contributed by atoms with Crippen LogP contribution in [0.3, 0.4) is 0 Å². The van der Waals surface area contributed by atoms with Gasteiger partial charge in [0.1, 0.15) is 0 Å². The predicted octanol–water partition coefficient (Wildman–Crippen LogP) is 1.33. The number of amides is 1. The van der Waals surface area contributed by atoms with E-state index < -0.39 is 0 Å². The summed E-state index contributed by atoms with van der Waals surface area (Å²) in [6.45, 7) is 0.895. The molecule has 1 aliphatic rings. The second-order valence-electron chi connectivity index (χ2n) is 4.40. The number of hydrogen-bond donors (Lipinski definition) is 1. The van der Waals surface area contributed by atoms with Crippen molar-refractivity contribution in [3.63, 3.8) is 0 Å². The van der Waals surface area contributed by atoms with E-state index in [-0.39, 0.29) is 11.9 Å². The molecule has 1 amide bonds. The molecule has 4 heteroatoms. The Labute approximate surface area is 96.8 Å². The Morgan fingerprint density at radius 2 is 2.27 bits per heavy atom. The lowest BCUT2D eigenvalue weighted by atomic mass is 9.85. The standard InChI is InChI=1S/C11H22N2OS/c1-13(8-9-4-3-5-9)11(14)10(12)6-7-15-2/h9-10H,3-8,12H2,1-2H3/t10-/m0/s1. The number of likely N-dealkylation sites (N-methyl/N-ethyl adjacent to an activating group) is 1. The van der Waals surface area contributed by atoms with Gasteiger partial charge in [0.2, 0.25) is 5.91 Å². The van der Waals surface area contributed by atoms with E-state index in [1.165, 1.54) is 19.3 Å². The summed E-state index contributed by atoms with van der Waals surface area (Å²) in [5, 5.41) is 0. The minimum atomic E-state index is -0.303. The number of carbonyl (C=O) groups is 1. The molecule has 0 unspecified atom stereocenters. The Morgan fingerprint density at radius 3 is 2.73 bits per heavy atom. The molecule has 15 heavy (non-hydrogen) atoms. The van der Waals surface area contributed by atoms with Gasteiger partial charge in [-0.25, -0.2) is 0 Å². The quantitative estimate of drug-likeness (QED) is 0.748. The molecule has 88 valence electrons. The number of nitrogens with two attached hydrogens (primary N) is 1. The summed E-state index contributed by atoms with van der Waals surface area (Å²) in [7, 11) is 1.87. The van der Waals surface area contributed by atoms with Crippen LogP contribution in [0, 0.1) is 5.92 Å². The van der Waals surface area contributed by atoms with E-state index in [0.29, 0.717) is 0 Å². The third-order valence-electron chi connectivity index (χ3n) is 3.08. The molecule has 0 saturated heterocycles. The summed E-state index contributed by atoms with van der Waals surface area (Å²) in [5.41, 5.74) is 5.83. The van der Waals surface area contributed by atoms with Gasteiger partial charge in [0.25, 0.3) is 0 Å². The Hall–Kier alpha value is -0.220. The summed E-state index contributed by atoms with van der Waals surface area (Å²) >= 11 is 1.74. The van der Waals surface area contributed by atoms with Gasteiger partial charge in [-0.15, -0.1) is 0 Å². The number of rotatable bonds is 6. The molecule has 2 N–H and O–H groups in total. The first-order valence-corrected chi connectivity index (χ1v) is 7.04. The van der Waals surface area contributed by atoms with Crippen LogP contribution in [0.25, 0.3) is 0 Å². The van der Waals surface area contributed by atoms with Crippen LogP contribution in [0.1, 0.15) is 25.7 Å². The normalized spacial score (nSPS) is 18.3. The first-order valence-electron chi connectivity index (χ1n) is 5.64. The molecule has 0 aromatic rings. The minimum Gasteiger partial charge on any atom is -0.344 e. The van der Waals surface area contributed by atoms with Crippen molar-refractivity contribution in [3.8, 4) is 0 Å².